The van der Waals surface area contributed by atoms with Crippen LogP contribution in [0.5, 0.6) is 5.75 Å². The highest BCUT2D eigenvalue weighted by atomic mass is 35.5. The standard InChI is InChI=1S/C20H11Cl4N3O3/c21-11-4-3-10(20-27-19-16(30-20)2-1-5-25-19)6-15(11)26-18(28)9-29-17-8-13(23)12(22)7-14(17)24/h1-8H,9H2,(H,26,28). The number of fused-ring (bicyclic) bond motifs is 1. The highest BCUT2D eigenvalue weighted by molar-refractivity contribution is 6.43. The van der Waals surface area contributed by atoms with Crippen molar-refractivity contribution in [3.8, 4) is 17.2 Å². The Bertz CT molecular complexity index is 1230. The molecule has 152 valence electrons. The zero-order chi connectivity index (χ0) is 21.3. The lowest BCUT2D eigenvalue weighted by Crippen LogP contribution is -2.20. The van der Waals surface area contributed by atoms with E-state index in [-0.39, 0.29) is 27.4 Å². The summed E-state index contributed by atoms with van der Waals surface area (Å²) >= 11 is 24.1. The predicted molar refractivity (Wildman–Crippen MR) is 118 cm³/mol. The van der Waals surface area contributed by atoms with Gasteiger partial charge in [0.25, 0.3) is 5.91 Å². The van der Waals surface area contributed by atoms with Gasteiger partial charge in [0, 0.05) is 17.8 Å². The smallest absolute Gasteiger partial charge is 0.262 e. The molecule has 0 fully saturated rings. The maximum Gasteiger partial charge on any atom is 0.262 e. The maximum absolute atomic E-state index is 12.3. The van der Waals surface area contributed by atoms with Crippen molar-refractivity contribution in [1.29, 1.82) is 0 Å². The van der Waals surface area contributed by atoms with Gasteiger partial charge in [-0.2, -0.15) is 4.98 Å². The summed E-state index contributed by atoms with van der Waals surface area (Å²) in [6, 6.07) is 11.4. The Morgan fingerprint density at radius 1 is 1.00 bits per heavy atom. The molecule has 0 aliphatic heterocycles. The van der Waals surface area contributed by atoms with Crippen molar-refractivity contribution in [2.45, 2.75) is 0 Å². The van der Waals surface area contributed by atoms with Crippen molar-refractivity contribution in [3.63, 3.8) is 0 Å². The topological polar surface area (TPSA) is 77.2 Å². The molecule has 0 aliphatic rings. The van der Waals surface area contributed by atoms with E-state index in [4.69, 9.17) is 55.6 Å². The molecule has 2 aromatic heterocycles. The first kappa shape index (κ1) is 20.8. The number of aromatic nitrogens is 2. The molecule has 0 unspecified atom stereocenters. The third-order valence-electron chi connectivity index (χ3n) is 3.99. The molecule has 0 atom stereocenters. The van der Waals surface area contributed by atoms with Crippen LogP contribution in [0.4, 0.5) is 5.69 Å². The number of ether oxygens (including phenoxy) is 1. The van der Waals surface area contributed by atoms with E-state index in [1.54, 1.807) is 36.5 Å². The van der Waals surface area contributed by atoms with Crippen LogP contribution in [-0.4, -0.2) is 22.5 Å². The minimum atomic E-state index is -0.449. The van der Waals surface area contributed by atoms with E-state index in [9.17, 15) is 4.79 Å². The summed E-state index contributed by atoms with van der Waals surface area (Å²) in [6.07, 6.45) is 1.63. The van der Waals surface area contributed by atoms with Gasteiger partial charge in [-0.15, -0.1) is 0 Å². The zero-order valence-electron chi connectivity index (χ0n) is 15.0. The van der Waals surface area contributed by atoms with Gasteiger partial charge in [-0.1, -0.05) is 46.4 Å². The van der Waals surface area contributed by atoms with Crippen LogP contribution in [-0.2, 0) is 4.79 Å². The Balaban J connectivity index is 1.49. The van der Waals surface area contributed by atoms with Gasteiger partial charge in [0.15, 0.2) is 17.8 Å². The molecule has 30 heavy (non-hydrogen) atoms. The number of hydrogen-bond donors (Lipinski definition) is 1. The van der Waals surface area contributed by atoms with Gasteiger partial charge < -0.3 is 14.5 Å². The highest BCUT2D eigenvalue weighted by Crippen LogP contribution is 2.34. The number of pyridine rings is 1. The van der Waals surface area contributed by atoms with E-state index in [2.05, 4.69) is 15.3 Å². The second-order valence-electron chi connectivity index (χ2n) is 6.07. The molecule has 2 heterocycles. The second kappa shape index (κ2) is 8.70. The molecule has 6 nitrogen and oxygen atoms in total. The molecule has 4 aromatic rings. The van der Waals surface area contributed by atoms with Crippen molar-refractivity contribution in [2.75, 3.05) is 11.9 Å². The van der Waals surface area contributed by atoms with Crippen molar-refractivity contribution >= 4 is 69.2 Å². The monoisotopic (exact) mass is 481 g/mol. The number of nitrogens with one attached hydrogen (secondary N) is 1. The summed E-state index contributed by atoms with van der Waals surface area (Å²) in [4.78, 5) is 20.8. The van der Waals surface area contributed by atoms with Crippen LogP contribution in [0.1, 0.15) is 0 Å². The number of oxazole rings is 1. The molecule has 2 aromatic carbocycles. The van der Waals surface area contributed by atoms with Crippen LogP contribution >= 0.6 is 46.4 Å². The number of carbonyl (C=O) groups is 1. The molecular formula is C20H11Cl4N3O3. The first-order valence-electron chi connectivity index (χ1n) is 8.49. The lowest BCUT2D eigenvalue weighted by atomic mass is 10.2. The fourth-order valence-corrected chi connectivity index (χ4v) is 3.35. The summed E-state index contributed by atoms with van der Waals surface area (Å²) < 4.78 is 11.1. The quantitative estimate of drug-likeness (QED) is 0.327. The lowest BCUT2D eigenvalue weighted by Gasteiger charge is -2.11. The molecule has 0 saturated carbocycles. The predicted octanol–water partition coefficient (Wildman–Crippen LogP) is 6.52. The molecule has 0 bridgehead atoms. The van der Waals surface area contributed by atoms with E-state index < -0.39 is 5.91 Å². The minimum absolute atomic E-state index is 0.236. The summed E-state index contributed by atoms with van der Waals surface area (Å²) in [5.74, 6) is 0.144. The molecule has 0 radical (unpaired) electrons. The fraction of sp³-hybridized carbons (Fsp3) is 0.0500. The number of anilines is 1. The van der Waals surface area contributed by atoms with E-state index >= 15 is 0 Å². The van der Waals surface area contributed by atoms with Crippen molar-refractivity contribution in [2.24, 2.45) is 0 Å². The van der Waals surface area contributed by atoms with Crippen LogP contribution in [0, 0.1) is 0 Å². The second-order valence-corrected chi connectivity index (χ2v) is 7.70. The molecule has 1 amide bonds. The normalized spacial score (nSPS) is 10.9. The summed E-state index contributed by atoms with van der Waals surface area (Å²) in [5.41, 5.74) is 2.04. The highest BCUT2D eigenvalue weighted by Gasteiger charge is 2.14. The summed E-state index contributed by atoms with van der Waals surface area (Å²) in [6.45, 7) is -0.314. The van der Waals surface area contributed by atoms with Crippen LogP contribution in [0.2, 0.25) is 20.1 Å². The first-order chi connectivity index (χ1) is 14.4. The van der Waals surface area contributed by atoms with Gasteiger partial charge >= 0.3 is 0 Å². The van der Waals surface area contributed by atoms with Gasteiger partial charge in [-0.3, -0.25) is 4.79 Å². The number of amides is 1. The number of hydrogen-bond acceptors (Lipinski definition) is 5. The fourth-order valence-electron chi connectivity index (χ4n) is 2.59. The summed E-state index contributed by atoms with van der Waals surface area (Å²) in [7, 11) is 0. The number of halogens is 4. The Kier molecular flexibility index (Phi) is 6.01. The zero-order valence-corrected chi connectivity index (χ0v) is 18.0. The Morgan fingerprint density at radius 3 is 2.60 bits per heavy atom. The number of carbonyl (C=O) groups excluding carboxylic acids is 1. The largest absolute Gasteiger partial charge is 0.482 e. The van der Waals surface area contributed by atoms with Crippen LogP contribution in [0.25, 0.3) is 22.7 Å². The van der Waals surface area contributed by atoms with E-state index in [0.717, 1.165) is 0 Å². The van der Waals surface area contributed by atoms with Gasteiger partial charge in [0.2, 0.25) is 5.89 Å². The van der Waals surface area contributed by atoms with E-state index in [1.807, 2.05) is 0 Å². The average Bonchev–Trinajstić information content (AvgIpc) is 3.15. The number of benzene rings is 2. The van der Waals surface area contributed by atoms with Gasteiger partial charge in [-0.05, 0) is 36.4 Å². The van der Waals surface area contributed by atoms with Crippen LogP contribution in [0.15, 0.2) is 53.1 Å². The lowest BCUT2D eigenvalue weighted by molar-refractivity contribution is -0.118. The Labute approximate surface area is 190 Å². The van der Waals surface area contributed by atoms with Gasteiger partial charge in [0.05, 0.1) is 25.8 Å². The Morgan fingerprint density at radius 2 is 1.80 bits per heavy atom. The van der Waals surface area contributed by atoms with Crippen molar-refractivity contribution in [1.82, 2.24) is 9.97 Å². The SMILES string of the molecule is O=C(COc1cc(Cl)c(Cl)cc1Cl)Nc1cc(-c2nc3ncccc3o2)ccc1Cl. The first-order valence-corrected chi connectivity index (χ1v) is 10.0. The van der Waals surface area contributed by atoms with Crippen molar-refractivity contribution in [3.05, 3.63) is 68.8 Å². The molecule has 1 N–H and O–H groups in total. The minimum Gasteiger partial charge on any atom is -0.482 e. The average molecular weight is 483 g/mol. The third-order valence-corrected chi connectivity index (χ3v) is 5.33. The van der Waals surface area contributed by atoms with E-state index in [1.165, 1.54) is 12.1 Å². The van der Waals surface area contributed by atoms with Gasteiger partial charge in [-0.25, -0.2) is 4.98 Å². The third kappa shape index (κ3) is 4.47. The van der Waals surface area contributed by atoms with Crippen LogP contribution in [0.3, 0.4) is 0 Å². The molecule has 0 saturated heterocycles. The van der Waals surface area contributed by atoms with E-state index in [0.29, 0.717) is 33.4 Å². The number of rotatable bonds is 5. The molecule has 0 aliphatic carbocycles. The summed E-state index contributed by atoms with van der Waals surface area (Å²) in [5, 5.41) is 3.82. The molecule has 4 rings (SSSR count). The maximum atomic E-state index is 12.3. The van der Waals surface area contributed by atoms with Crippen LogP contribution < -0.4 is 10.1 Å². The molecular weight excluding hydrogens is 472 g/mol. The van der Waals surface area contributed by atoms with Gasteiger partial charge in [0.1, 0.15) is 5.75 Å². The Hall–Kier alpha value is -2.51. The van der Waals surface area contributed by atoms with Crippen molar-refractivity contribution < 1.29 is 13.9 Å². The number of nitrogens with zero attached hydrogens (tertiary/aromatic N) is 2. The molecule has 0 spiro atoms. The molecule has 10 heteroatoms.